The molecular weight excluding hydrogens is 441 g/mol. The average Bonchev–Trinajstić information content (AvgIpc) is 2.69. The van der Waals surface area contributed by atoms with Gasteiger partial charge in [0.1, 0.15) is 0 Å². The van der Waals surface area contributed by atoms with Gasteiger partial charge in [-0.15, -0.1) is 0 Å². The van der Waals surface area contributed by atoms with Gasteiger partial charge < -0.3 is 15.4 Å². The zero-order chi connectivity index (χ0) is 20.1. The maximum absolute atomic E-state index is 12.8. The highest BCUT2D eigenvalue weighted by molar-refractivity contribution is 7.89. The van der Waals surface area contributed by atoms with E-state index in [2.05, 4.69) is 10.6 Å². The van der Waals surface area contributed by atoms with Crippen LogP contribution in [0.4, 0.5) is 5.69 Å². The molecule has 150 valence electrons. The number of sulfonamides is 1. The van der Waals surface area contributed by atoms with Crippen LogP contribution in [0.15, 0.2) is 47.4 Å². The number of nitrogens with one attached hydrogen (secondary N) is 2. The number of ether oxygens (including phenoxy) is 1. The predicted octanol–water partition coefficient (Wildman–Crippen LogP) is 3.50. The first-order chi connectivity index (χ1) is 13.4. The molecule has 0 aliphatic carbocycles. The Kier molecular flexibility index (Phi) is 7.14. The summed E-state index contributed by atoms with van der Waals surface area (Å²) in [6.07, 6.45) is 0. The number of anilines is 1. The molecule has 1 aliphatic heterocycles. The maximum Gasteiger partial charge on any atom is 0.243 e. The first kappa shape index (κ1) is 21.3. The van der Waals surface area contributed by atoms with E-state index in [4.69, 9.17) is 40.2 Å². The van der Waals surface area contributed by atoms with E-state index in [1.807, 2.05) is 18.2 Å². The number of morpholine rings is 1. The molecule has 6 nitrogen and oxygen atoms in total. The molecule has 1 heterocycles. The van der Waals surface area contributed by atoms with E-state index in [9.17, 15) is 8.42 Å². The minimum atomic E-state index is -3.62. The fourth-order valence-electron chi connectivity index (χ4n) is 2.69. The number of hydrogen-bond acceptors (Lipinski definition) is 4. The normalized spacial score (nSPS) is 15.2. The van der Waals surface area contributed by atoms with Crippen LogP contribution < -0.4 is 10.6 Å². The second-order valence-corrected chi connectivity index (χ2v) is 9.29. The summed E-state index contributed by atoms with van der Waals surface area (Å²) in [5, 5.41) is 7.34. The number of hydrogen-bond donors (Lipinski definition) is 2. The van der Waals surface area contributed by atoms with Crippen molar-refractivity contribution in [1.82, 2.24) is 9.62 Å². The van der Waals surface area contributed by atoms with Crippen molar-refractivity contribution in [2.75, 3.05) is 31.6 Å². The molecule has 2 aromatic rings. The summed E-state index contributed by atoms with van der Waals surface area (Å²) in [5.41, 5.74) is 1.38. The van der Waals surface area contributed by atoms with Crippen molar-refractivity contribution >= 4 is 56.2 Å². The SMILES string of the molecule is O=S(=O)(c1ccc(Cl)c(NC(=S)NCc2cccc(Cl)c2)c1)N1CCOCC1. The lowest BCUT2D eigenvalue weighted by Crippen LogP contribution is -2.40. The highest BCUT2D eigenvalue weighted by Gasteiger charge is 2.26. The average molecular weight is 460 g/mol. The number of nitrogens with zero attached hydrogens (tertiary/aromatic N) is 1. The van der Waals surface area contributed by atoms with Crippen molar-refractivity contribution in [3.05, 3.63) is 58.1 Å². The lowest BCUT2D eigenvalue weighted by atomic mass is 10.2. The lowest BCUT2D eigenvalue weighted by Gasteiger charge is -2.26. The highest BCUT2D eigenvalue weighted by Crippen LogP contribution is 2.27. The molecule has 0 radical (unpaired) electrons. The van der Waals surface area contributed by atoms with Crippen molar-refractivity contribution in [1.29, 1.82) is 0 Å². The Morgan fingerprint density at radius 2 is 1.89 bits per heavy atom. The summed E-state index contributed by atoms with van der Waals surface area (Å²) >= 11 is 17.5. The van der Waals surface area contributed by atoms with E-state index in [0.717, 1.165) is 5.56 Å². The van der Waals surface area contributed by atoms with Crippen molar-refractivity contribution in [3.63, 3.8) is 0 Å². The van der Waals surface area contributed by atoms with Gasteiger partial charge in [-0.2, -0.15) is 4.31 Å². The Morgan fingerprint density at radius 1 is 1.14 bits per heavy atom. The number of rotatable bonds is 5. The van der Waals surface area contributed by atoms with E-state index >= 15 is 0 Å². The largest absolute Gasteiger partial charge is 0.379 e. The van der Waals surface area contributed by atoms with Crippen LogP contribution in [-0.2, 0) is 21.3 Å². The van der Waals surface area contributed by atoms with Gasteiger partial charge in [0, 0.05) is 24.7 Å². The summed E-state index contributed by atoms with van der Waals surface area (Å²) < 4.78 is 32.3. The molecule has 10 heteroatoms. The maximum atomic E-state index is 12.8. The molecular formula is C18H19Cl2N3O3S2. The van der Waals surface area contributed by atoms with Gasteiger partial charge in [-0.1, -0.05) is 35.3 Å². The van der Waals surface area contributed by atoms with Crippen LogP contribution in [0.2, 0.25) is 10.0 Å². The molecule has 28 heavy (non-hydrogen) atoms. The van der Waals surface area contributed by atoms with E-state index in [-0.39, 0.29) is 4.90 Å². The number of thiocarbonyl (C=S) groups is 1. The molecule has 1 aliphatic rings. The van der Waals surface area contributed by atoms with Crippen molar-refractivity contribution in [2.24, 2.45) is 0 Å². The zero-order valence-corrected chi connectivity index (χ0v) is 18.0. The quantitative estimate of drug-likeness (QED) is 0.666. The third kappa shape index (κ3) is 5.34. The molecule has 0 saturated carbocycles. The molecule has 0 bridgehead atoms. The number of benzene rings is 2. The Labute approximate surface area is 179 Å². The van der Waals surface area contributed by atoms with E-state index in [1.54, 1.807) is 6.07 Å². The first-order valence-electron chi connectivity index (χ1n) is 8.53. The van der Waals surface area contributed by atoms with Crippen LogP contribution in [0, 0.1) is 0 Å². The van der Waals surface area contributed by atoms with E-state index in [1.165, 1.54) is 22.5 Å². The van der Waals surface area contributed by atoms with Gasteiger partial charge in [0.25, 0.3) is 0 Å². The molecule has 2 N–H and O–H groups in total. The van der Waals surface area contributed by atoms with Gasteiger partial charge in [-0.25, -0.2) is 8.42 Å². The molecule has 0 spiro atoms. The summed E-state index contributed by atoms with van der Waals surface area (Å²) in [7, 11) is -3.62. The van der Waals surface area contributed by atoms with Crippen molar-refractivity contribution in [3.8, 4) is 0 Å². The summed E-state index contributed by atoms with van der Waals surface area (Å²) in [6.45, 7) is 1.89. The van der Waals surface area contributed by atoms with Crippen LogP contribution in [0.3, 0.4) is 0 Å². The van der Waals surface area contributed by atoms with E-state index in [0.29, 0.717) is 53.7 Å². The smallest absolute Gasteiger partial charge is 0.243 e. The van der Waals surface area contributed by atoms with Crippen LogP contribution in [0.1, 0.15) is 5.56 Å². The predicted molar refractivity (Wildman–Crippen MR) is 116 cm³/mol. The second kappa shape index (κ2) is 9.39. The van der Waals surface area contributed by atoms with Gasteiger partial charge in [-0.3, -0.25) is 0 Å². The molecule has 3 rings (SSSR count). The van der Waals surface area contributed by atoms with Crippen LogP contribution in [0.25, 0.3) is 0 Å². The van der Waals surface area contributed by atoms with Gasteiger partial charge in [0.2, 0.25) is 10.0 Å². The Hall–Kier alpha value is -1.42. The van der Waals surface area contributed by atoms with Gasteiger partial charge in [-0.05, 0) is 48.1 Å². The number of halogens is 2. The summed E-state index contributed by atoms with van der Waals surface area (Å²) in [6, 6.07) is 11.9. The fourth-order valence-corrected chi connectivity index (χ4v) is 4.69. The topological polar surface area (TPSA) is 70.7 Å². The van der Waals surface area contributed by atoms with Crippen LogP contribution >= 0.6 is 35.4 Å². The molecule has 1 fully saturated rings. The highest BCUT2D eigenvalue weighted by atomic mass is 35.5. The van der Waals surface area contributed by atoms with Crippen LogP contribution in [0.5, 0.6) is 0 Å². The molecule has 0 unspecified atom stereocenters. The van der Waals surface area contributed by atoms with Crippen LogP contribution in [-0.4, -0.2) is 44.1 Å². The molecule has 0 amide bonds. The van der Waals surface area contributed by atoms with Crippen molar-refractivity contribution in [2.45, 2.75) is 11.4 Å². The zero-order valence-electron chi connectivity index (χ0n) is 14.8. The third-order valence-electron chi connectivity index (χ3n) is 4.14. The summed E-state index contributed by atoms with van der Waals surface area (Å²) in [4.78, 5) is 0.152. The first-order valence-corrected chi connectivity index (χ1v) is 11.1. The Bertz CT molecular complexity index is 964. The van der Waals surface area contributed by atoms with Gasteiger partial charge >= 0.3 is 0 Å². The molecule has 0 atom stereocenters. The van der Waals surface area contributed by atoms with Gasteiger partial charge in [0.15, 0.2) is 5.11 Å². The monoisotopic (exact) mass is 459 g/mol. The van der Waals surface area contributed by atoms with Gasteiger partial charge in [0.05, 0.1) is 28.8 Å². The molecule has 2 aromatic carbocycles. The Morgan fingerprint density at radius 3 is 2.61 bits per heavy atom. The Balaban J connectivity index is 1.70. The second-order valence-electron chi connectivity index (χ2n) is 6.10. The molecule has 0 aromatic heterocycles. The molecule has 1 saturated heterocycles. The fraction of sp³-hybridized carbons (Fsp3) is 0.278. The minimum absolute atomic E-state index is 0.152. The minimum Gasteiger partial charge on any atom is -0.379 e. The lowest BCUT2D eigenvalue weighted by molar-refractivity contribution is 0.0730. The third-order valence-corrected chi connectivity index (χ3v) is 6.84. The standard InChI is InChI=1S/C18H19Cl2N3O3S2/c19-14-3-1-2-13(10-14)12-21-18(27)22-17-11-15(4-5-16(17)20)28(24,25)23-6-8-26-9-7-23/h1-5,10-11H,6-9,12H2,(H2,21,22,27). The van der Waals surface area contributed by atoms with Crippen molar-refractivity contribution < 1.29 is 13.2 Å². The van der Waals surface area contributed by atoms with E-state index < -0.39 is 10.0 Å². The summed E-state index contributed by atoms with van der Waals surface area (Å²) in [5.74, 6) is 0.